The van der Waals surface area contributed by atoms with Gasteiger partial charge in [-0.05, 0) is 42.8 Å². The normalized spacial score (nSPS) is 14.2. The molecule has 1 aromatic heterocycles. The van der Waals surface area contributed by atoms with Gasteiger partial charge in [-0.1, -0.05) is 12.1 Å². The molecule has 0 spiro atoms. The van der Waals surface area contributed by atoms with Crippen molar-refractivity contribution in [3.05, 3.63) is 58.6 Å². The lowest BCUT2D eigenvalue weighted by Gasteiger charge is -2.13. The van der Waals surface area contributed by atoms with E-state index in [1.54, 1.807) is 11.3 Å². The van der Waals surface area contributed by atoms with Crippen molar-refractivity contribution in [3.63, 3.8) is 0 Å². The van der Waals surface area contributed by atoms with Crippen LogP contribution in [0.15, 0.2) is 42.5 Å². The summed E-state index contributed by atoms with van der Waals surface area (Å²) in [6, 6.07) is 13.8. The van der Waals surface area contributed by atoms with Gasteiger partial charge < -0.3 is 10.1 Å². The molecule has 4 nitrogen and oxygen atoms in total. The van der Waals surface area contributed by atoms with Gasteiger partial charge in [0.25, 0.3) is 5.91 Å². The first kappa shape index (κ1) is 15.1. The third-order valence-corrected chi connectivity index (χ3v) is 5.21. The van der Waals surface area contributed by atoms with E-state index in [0.29, 0.717) is 12.2 Å². The van der Waals surface area contributed by atoms with E-state index in [1.165, 1.54) is 4.70 Å². The Balaban J connectivity index is 1.43. The highest BCUT2D eigenvalue weighted by Crippen LogP contribution is 2.26. The van der Waals surface area contributed by atoms with E-state index in [9.17, 15) is 4.79 Å². The summed E-state index contributed by atoms with van der Waals surface area (Å²) in [6.45, 7) is 2.72. The number of hydrogen-bond donors (Lipinski definition) is 1. The molecule has 0 saturated carbocycles. The van der Waals surface area contributed by atoms with E-state index in [4.69, 9.17) is 4.74 Å². The molecular weight excluding hydrogens is 320 g/mol. The number of thiazole rings is 1. The molecule has 5 heteroatoms. The zero-order valence-corrected chi connectivity index (χ0v) is 14.2. The van der Waals surface area contributed by atoms with Gasteiger partial charge in [0.15, 0.2) is 0 Å². The Morgan fingerprint density at radius 3 is 3.08 bits per heavy atom. The third kappa shape index (κ3) is 2.99. The summed E-state index contributed by atoms with van der Waals surface area (Å²) in [6.07, 6.45) is 1.61. The fraction of sp³-hybridized carbons (Fsp3) is 0.263. The molecule has 3 aromatic rings. The van der Waals surface area contributed by atoms with Gasteiger partial charge in [-0.3, -0.25) is 4.79 Å². The lowest BCUT2D eigenvalue weighted by Crippen LogP contribution is -2.34. The number of ether oxygens (including phenoxy) is 1. The molecule has 1 amide bonds. The van der Waals surface area contributed by atoms with Crippen LogP contribution in [0, 0.1) is 0 Å². The van der Waals surface area contributed by atoms with Crippen LogP contribution in [0.5, 0.6) is 5.75 Å². The van der Waals surface area contributed by atoms with Gasteiger partial charge in [-0.25, -0.2) is 4.98 Å². The van der Waals surface area contributed by atoms with E-state index < -0.39 is 0 Å². The van der Waals surface area contributed by atoms with Gasteiger partial charge in [0.1, 0.15) is 5.75 Å². The monoisotopic (exact) mass is 338 g/mol. The second-order valence-electron chi connectivity index (χ2n) is 6.07. The Hall–Kier alpha value is -2.40. The quantitative estimate of drug-likeness (QED) is 0.791. The predicted octanol–water partition coefficient (Wildman–Crippen LogP) is 3.59. The molecule has 1 aliphatic heterocycles. The van der Waals surface area contributed by atoms with Gasteiger partial charge in [0.2, 0.25) is 0 Å². The first-order valence-electron chi connectivity index (χ1n) is 8.10. The fourth-order valence-corrected chi connectivity index (χ4v) is 4.05. The van der Waals surface area contributed by atoms with Crippen LogP contribution in [0.1, 0.15) is 27.9 Å². The van der Waals surface area contributed by atoms with Gasteiger partial charge in [-0.15, -0.1) is 11.3 Å². The molecule has 0 saturated heterocycles. The van der Waals surface area contributed by atoms with Crippen LogP contribution in [0.4, 0.5) is 0 Å². The van der Waals surface area contributed by atoms with Crippen molar-refractivity contribution in [1.29, 1.82) is 0 Å². The molecule has 0 bridgehead atoms. The average Bonchev–Trinajstić information content (AvgIpc) is 3.19. The molecule has 0 fully saturated rings. The van der Waals surface area contributed by atoms with Crippen molar-refractivity contribution in [2.24, 2.45) is 0 Å². The number of carbonyl (C=O) groups excluding carboxylic acids is 1. The molecule has 4 rings (SSSR count). The van der Waals surface area contributed by atoms with Crippen molar-refractivity contribution >= 4 is 27.5 Å². The molecule has 2 aromatic carbocycles. The number of amides is 1. The van der Waals surface area contributed by atoms with Crippen molar-refractivity contribution in [3.8, 4) is 5.75 Å². The van der Waals surface area contributed by atoms with Crippen LogP contribution >= 0.6 is 11.3 Å². The molecule has 1 N–H and O–H groups in total. The number of nitrogens with zero attached hydrogens (tertiary/aromatic N) is 1. The van der Waals surface area contributed by atoms with Crippen LogP contribution in [-0.4, -0.2) is 23.5 Å². The van der Waals surface area contributed by atoms with Gasteiger partial charge in [0.05, 0.1) is 21.8 Å². The number of aromatic nitrogens is 1. The van der Waals surface area contributed by atoms with Crippen LogP contribution in [-0.2, 0) is 12.8 Å². The van der Waals surface area contributed by atoms with Crippen LogP contribution in [0.2, 0.25) is 0 Å². The Bertz CT molecular complexity index is 870. The Morgan fingerprint density at radius 2 is 2.21 bits per heavy atom. The average molecular weight is 338 g/mol. The highest BCUT2D eigenvalue weighted by atomic mass is 32.1. The summed E-state index contributed by atoms with van der Waals surface area (Å²) in [5, 5.41) is 4.11. The second-order valence-corrected chi connectivity index (χ2v) is 7.19. The number of fused-ring (bicyclic) bond motifs is 2. The van der Waals surface area contributed by atoms with Crippen molar-refractivity contribution in [2.75, 3.05) is 6.61 Å². The molecule has 0 aliphatic carbocycles. The Kier molecular flexibility index (Phi) is 3.94. The smallest absolute Gasteiger partial charge is 0.251 e. The molecule has 1 aliphatic rings. The fourth-order valence-electron chi connectivity index (χ4n) is 2.96. The van der Waals surface area contributed by atoms with Crippen LogP contribution in [0.25, 0.3) is 10.2 Å². The molecule has 1 atom stereocenters. The zero-order chi connectivity index (χ0) is 16.5. The SMILES string of the molecule is CC(Cc1nc2ccccc2s1)NC(=O)c1ccc2c(c1)CCO2. The van der Waals surface area contributed by atoms with Crippen molar-refractivity contribution < 1.29 is 9.53 Å². The third-order valence-electron chi connectivity index (χ3n) is 4.15. The first-order chi connectivity index (χ1) is 11.7. The lowest BCUT2D eigenvalue weighted by atomic mass is 10.1. The van der Waals surface area contributed by atoms with Crippen molar-refractivity contribution in [2.45, 2.75) is 25.8 Å². The van der Waals surface area contributed by atoms with Crippen LogP contribution in [0.3, 0.4) is 0 Å². The zero-order valence-electron chi connectivity index (χ0n) is 13.4. The topological polar surface area (TPSA) is 51.2 Å². The largest absolute Gasteiger partial charge is 0.493 e. The van der Waals surface area contributed by atoms with Gasteiger partial charge in [0, 0.05) is 24.4 Å². The molecule has 2 heterocycles. The maximum atomic E-state index is 12.4. The Labute approximate surface area is 144 Å². The molecule has 0 radical (unpaired) electrons. The second kappa shape index (κ2) is 6.24. The molecule has 122 valence electrons. The van der Waals surface area contributed by atoms with E-state index >= 15 is 0 Å². The maximum absolute atomic E-state index is 12.4. The van der Waals surface area contributed by atoms with E-state index in [-0.39, 0.29) is 11.9 Å². The van der Waals surface area contributed by atoms with Gasteiger partial charge >= 0.3 is 0 Å². The van der Waals surface area contributed by atoms with Crippen molar-refractivity contribution in [1.82, 2.24) is 10.3 Å². The summed E-state index contributed by atoms with van der Waals surface area (Å²) < 4.78 is 6.67. The summed E-state index contributed by atoms with van der Waals surface area (Å²) in [5.74, 6) is 0.854. The van der Waals surface area contributed by atoms with Crippen LogP contribution < -0.4 is 10.1 Å². The molecule has 24 heavy (non-hydrogen) atoms. The van der Waals surface area contributed by atoms with E-state index in [0.717, 1.165) is 34.7 Å². The summed E-state index contributed by atoms with van der Waals surface area (Å²) in [7, 11) is 0. The maximum Gasteiger partial charge on any atom is 0.251 e. The molecular formula is C19H18N2O2S. The van der Waals surface area contributed by atoms with E-state index in [2.05, 4.69) is 16.4 Å². The number of nitrogens with one attached hydrogen (secondary N) is 1. The highest BCUT2D eigenvalue weighted by molar-refractivity contribution is 7.18. The minimum Gasteiger partial charge on any atom is -0.493 e. The predicted molar refractivity (Wildman–Crippen MR) is 95.9 cm³/mol. The van der Waals surface area contributed by atoms with E-state index in [1.807, 2.05) is 43.3 Å². The molecule has 1 unspecified atom stereocenters. The highest BCUT2D eigenvalue weighted by Gasteiger charge is 2.17. The summed E-state index contributed by atoms with van der Waals surface area (Å²) >= 11 is 1.69. The minimum absolute atomic E-state index is 0.0302. The number of benzene rings is 2. The van der Waals surface area contributed by atoms with Gasteiger partial charge in [-0.2, -0.15) is 0 Å². The lowest BCUT2D eigenvalue weighted by molar-refractivity contribution is 0.0940. The minimum atomic E-state index is -0.0432. The summed E-state index contributed by atoms with van der Waals surface area (Å²) in [5.41, 5.74) is 2.83. The standard InChI is InChI=1S/C19H18N2O2S/c1-12(10-18-21-15-4-2-3-5-17(15)24-18)20-19(22)14-6-7-16-13(11-14)8-9-23-16/h2-7,11-12H,8-10H2,1H3,(H,20,22). The Morgan fingerprint density at radius 1 is 1.33 bits per heavy atom. The number of rotatable bonds is 4. The number of carbonyl (C=O) groups is 1. The summed E-state index contributed by atoms with van der Waals surface area (Å²) in [4.78, 5) is 17.1. The number of para-hydroxylation sites is 1. The number of hydrogen-bond acceptors (Lipinski definition) is 4. The first-order valence-corrected chi connectivity index (χ1v) is 8.92.